The quantitative estimate of drug-likeness (QED) is 0.727. The number of thiazole rings is 1. The summed E-state index contributed by atoms with van der Waals surface area (Å²) in [5.74, 6) is 0.252. The molecule has 0 aliphatic heterocycles. The zero-order valence-corrected chi connectivity index (χ0v) is 14.0. The number of nitrogens with zero attached hydrogens (tertiary/aromatic N) is 2. The fourth-order valence-electron chi connectivity index (χ4n) is 2.45. The number of hydrogen-bond acceptors (Lipinski definition) is 4. The van der Waals surface area contributed by atoms with Crippen molar-refractivity contribution in [2.24, 2.45) is 0 Å². The third-order valence-corrected chi connectivity index (χ3v) is 6.75. The fraction of sp³-hybridized carbons (Fsp3) is 0.786. The van der Waals surface area contributed by atoms with Gasteiger partial charge in [-0.1, -0.05) is 19.8 Å². The summed E-state index contributed by atoms with van der Waals surface area (Å²) in [6.45, 7) is 2.50. The van der Waals surface area contributed by atoms with E-state index in [2.05, 4.69) is 11.9 Å². The molecule has 0 atom stereocenters. The lowest BCUT2D eigenvalue weighted by Crippen LogP contribution is -2.28. The van der Waals surface area contributed by atoms with Crippen LogP contribution in [0, 0.1) is 0 Å². The normalized spacial score (nSPS) is 15.6. The lowest BCUT2D eigenvalue weighted by molar-refractivity contribution is 0.463. The minimum Gasteiger partial charge on any atom is -0.245 e. The maximum Gasteiger partial charge on any atom is 0.214 e. The lowest BCUT2D eigenvalue weighted by atomic mass is 10.0. The summed E-state index contributed by atoms with van der Waals surface area (Å²) in [6, 6.07) is 0. The summed E-state index contributed by atoms with van der Waals surface area (Å²) in [4.78, 5) is 5.98. The van der Waals surface area contributed by atoms with E-state index >= 15 is 0 Å². The van der Waals surface area contributed by atoms with E-state index in [1.165, 1.54) is 27.7 Å². The zero-order valence-electron chi connectivity index (χ0n) is 12.4. The van der Waals surface area contributed by atoms with Crippen LogP contribution in [0.5, 0.6) is 0 Å². The number of sulfonamides is 1. The van der Waals surface area contributed by atoms with Gasteiger partial charge in [0.2, 0.25) is 10.0 Å². The number of unbranched alkanes of at least 4 members (excludes halogenated alkanes) is 2. The van der Waals surface area contributed by atoms with Crippen LogP contribution < -0.4 is 0 Å². The Morgan fingerprint density at radius 2 is 2.00 bits per heavy atom. The Morgan fingerprint density at radius 3 is 2.70 bits per heavy atom. The molecule has 1 aromatic heterocycles. The largest absolute Gasteiger partial charge is 0.245 e. The molecule has 0 saturated carbocycles. The second kappa shape index (κ2) is 7.00. The molecule has 6 heteroatoms. The van der Waals surface area contributed by atoms with E-state index in [1.807, 2.05) is 0 Å². The first-order chi connectivity index (χ1) is 9.53. The van der Waals surface area contributed by atoms with Gasteiger partial charge in [-0.25, -0.2) is 13.4 Å². The maximum absolute atomic E-state index is 12.2. The number of rotatable bonds is 7. The van der Waals surface area contributed by atoms with Gasteiger partial charge >= 0.3 is 0 Å². The highest BCUT2D eigenvalue weighted by atomic mass is 32.2. The molecule has 0 amide bonds. The monoisotopic (exact) mass is 316 g/mol. The van der Waals surface area contributed by atoms with Crippen molar-refractivity contribution in [3.8, 4) is 0 Å². The molecular formula is C14H24N2O2S2. The Hall–Kier alpha value is -0.460. The molecule has 1 heterocycles. The molecule has 2 rings (SSSR count). The van der Waals surface area contributed by atoms with Gasteiger partial charge in [0.05, 0.1) is 18.0 Å². The van der Waals surface area contributed by atoms with Crippen LogP contribution in [0.2, 0.25) is 0 Å². The van der Waals surface area contributed by atoms with Gasteiger partial charge < -0.3 is 0 Å². The Labute approximate surface area is 126 Å². The third-order valence-electron chi connectivity index (χ3n) is 3.73. The Kier molecular flexibility index (Phi) is 5.57. The maximum atomic E-state index is 12.2. The van der Waals surface area contributed by atoms with Crippen molar-refractivity contribution >= 4 is 21.4 Å². The molecule has 0 fully saturated rings. The minimum atomic E-state index is -3.13. The first-order valence-corrected chi connectivity index (χ1v) is 9.87. The van der Waals surface area contributed by atoms with Crippen LogP contribution >= 0.6 is 11.3 Å². The standard InChI is InChI=1S/C14H24N2O2S2/c1-3-4-7-10-20(17,18)16(2)11-14-15-12-8-5-6-9-13(12)19-14/h3-11H2,1-2H3. The SMILES string of the molecule is CCCCCS(=O)(=O)N(C)Cc1nc2c(s1)CCCC2. The molecule has 1 aliphatic carbocycles. The van der Waals surface area contributed by atoms with Crippen LogP contribution in [0.15, 0.2) is 0 Å². The van der Waals surface area contributed by atoms with Crippen LogP contribution in [-0.4, -0.2) is 30.5 Å². The van der Waals surface area contributed by atoms with Gasteiger partial charge in [-0.3, -0.25) is 0 Å². The highest BCUT2D eigenvalue weighted by molar-refractivity contribution is 7.89. The highest BCUT2D eigenvalue weighted by Crippen LogP contribution is 2.27. The summed E-state index contributed by atoms with van der Waals surface area (Å²) in [6.07, 6.45) is 7.37. The summed E-state index contributed by atoms with van der Waals surface area (Å²) in [7, 11) is -1.46. The molecule has 0 saturated heterocycles. The Balaban J connectivity index is 1.96. The smallest absolute Gasteiger partial charge is 0.214 e. The molecule has 0 spiro atoms. The summed E-state index contributed by atoms with van der Waals surface area (Å²) in [5.41, 5.74) is 1.20. The Bertz CT molecular complexity index is 514. The molecule has 1 aromatic rings. The van der Waals surface area contributed by atoms with Crippen molar-refractivity contribution in [2.75, 3.05) is 12.8 Å². The highest BCUT2D eigenvalue weighted by Gasteiger charge is 2.21. The van der Waals surface area contributed by atoms with E-state index < -0.39 is 10.0 Å². The summed E-state index contributed by atoms with van der Waals surface area (Å²) in [5, 5.41) is 0.943. The summed E-state index contributed by atoms with van der Waals surface area (Å²) < 4.78 is 25.8. The molecule has 1 aliphatic rings. The number of hydrogen-bond donors (Lipinski definition) is 0. The van der Waals surface area contributed by atoms with Crippen molar-refractivity contribution in [1.29, 1.82) is 0 Å². The average Bonchev–Trinajstić information content (AvgIpc) is 2.81. The second-order valence-electron chi connectivity index (χ2n) is 5.46. The van der Waals surface area contributed by atoms with Crippen molar-refractivity contribution in [3.05, 3.63) is 15.6 Å². The van der Waals surface area contributed by atoms with Crippen LogP contribution in [-0.2, 0) is 29.4 Å². The van der Waals surface area contributed by atoms with Gasteiger partial charge in [0, 0.05) is 11.9 Å². The molecule has 4 nitrogen and oxygen atoms in total. The zero-order chi connectivity index (χ0) is 14.6. The van der Waals surface area contributed by atoms with Crippen LogP contribution in [0.1, 0.15) is 54.6 Å². The second-order valence-corrected chi connectivity index (χ2v) is 8.83. The third kappa shape index (κ3) is 4.02. The Morgan fingerprint density at radius 1 is 1.25 bits per heavy atom. The van der Waals surface area contributed by atoms with Crippen molar-refractivity contribution in [3.63, 3.8) is 0 Å². The van der Waals surface area contributed by atoms with E-state index in [4.69, 9.17) is 0 Å². The van der Waals surface area contributed by atoms with E-state index in [0.717, 1.165) is 37.1 Å². The first-order valence-electron chi connectivity index (χ1n) is 7.44. The summed E-state index contributed by atoms with van der Waals surface area (Å²) >= 11 is 1.69. The van der Waals surface area contributed by atoms with Gasteiger partial charge in [-0.2, -0.15) is 4.31 Å². The molecule has 114 valence electrons. The lowest BCUT2D eigenvalue weighted by Gasteiger charge is -2.15. The van der Waals surface area contributed by atoms with Gasteiger partial charge in [0.1, 0.15) is 5.01 Å². The molecule has 0 unspecified atom stereocenters. The average molecular weight is 316 g/mol. The van der Waals surface area contributed by atoms with Gasteiger partial charge in [0.15, 0.2) is 0 Å². The predicted octanol–water partition coefficient (Wildman–Crippen LogP) is 2.97. The number of fused-ring (bicyclic) bond motifs is 1. The van der Waals surface area contributed by atoms with E-state index in [0.29, 0.717) is 6.54 Å². The van der Waals surface area contributed by atoms with Gasteiger partial charge in [-0.15, -0.1) is 11.3 Å². The molecule has 0 N–H and O–H groups in total. The topological polar surface area (TPSA) is 50.3 Å². The van der Waals surface area contributed by atoms with Gasteiger partial charge in [0.25, 0.3) is 0 Å². The number of aryl methyl sites for hydroxylation is 2. The van der Waals surface area contributed by atoms with E-state index in [1.54, 1.807) is 18.4 Å². The number of aromatic nitrogens is 1. The van der Waals surface area contributed by atoms with Crippen LogP contribution in [0.4, 0.5) is 0 Å². The van der Waals surface area contributed by atoms with Crippen molar-refractivity contribution < 1.29 is 8.42 Å². The fourth-order valence-corrected chi connectivity index (χ4v) is 4.94. The van der Waals surface area contributed by atoms with Crippen molar-refractivity contribution in [1.82, 2.24) is 9.29 Å². The molecule has 0 radical (unpaired) electrons. The van der Waals surface area contributed by atoms with Crippen LogP contribution in [0.3, 0.4) is 0 Å². The molecule has 0 bridgehead atoms. The molecular weight excluding hydrogens is 292 g/mol. The van der Waals surface area contributed by atoms with Gasteiger partial charge in [-0.05, 0) is 32.1 Å². The van der Waals surface area contributed by atoms with Crippen molar-refractivity contribution in [2.45, 2.75) is 58.4 Å². The predicted molar refractivity (Wildman–Crippen MR) is 83.5 cm³/mol. The molecule has 0 aromatic carbocycles. The first kappa shape index (κ1) is 15.9. The minimum absolute atomic E-state index is 0.252. The van der Waals surface area contributed by atoms with E-state index in [-0.39, 0.29) is 5.75 Å². The van der Waals surface area contributed by atoms with Crippen LogP contribution in [0.25, 0.3) is 0 Å². The molecule has 20 heavy (non-hydrogen) atoms. The van der Waals surface area contributed by atoms with E-state index in [9.17, 15) is 8.42 Å².